The molecule has 0 N–H and O–H groups in total. The summed E-state index contributed by atoms with van der Waals surface area (Å²) in [4.78, 5) is 15.0. The molecule has 30 heavy (non-hydrogen) atoms. The maximum absolute atomic E-state index is 14.0. The predicted molar refractivity (Wildman–Crippen MR) is 121 cm³/mol. The molecule has 0 radical (unpaired) electrons. The van der Waals surface area contributed by atoms with Crippen molar-refractivity contribution in [1.82, 2.24) is 4.40 Å². The zero-order valence-corrected chi connectivity index (χ0v) is 17.9. The Hall–Kier alpha value is -3.26. The van der Waals surface area contributed by atoms with Crippen LogP contribution in [0.1, 0.15) is 27.2 Å². The lowest BCUT2D eigenvalue weighted by molar-refractivity contribution is 0.386. The van der Waals surface area contributed by atoms with E-state index in [-0.39, 0.29) is 11.3 Å². The quantitative estimate of drug-likeness (QED) is 0.575. The van der Waals surface area contributed by atoms with Crippen molar-refractivity contribution in [1.29, 1.82) is 0 Å². The monoisotopic (exact) mass is 406 g/mol. The normalized spacial score (nSPS) is 15.2. The summed E-state index contributed by atoms with van der Waals surface area (Å²) in [6.45, 7) is 7.68. The first-order chi connectivity index (χ1) is 14.6. The number of benzene rings is 1. The van der Waals surface area contributed by atoms with Crippen LogP contribution in [-0.2, 0) is 0 Å². The Morgan fingerprint density at radius 3 is 2.60 bits per heavy atom. The molecular formula is C25H27FN2O2. The molecule has 5 heteroatoms. The molecular weight excluding hydrogens is 379 g/mol. The summed E-state index contributed by atoms with van der Waals surface area (Å²) < 4.78 is 20.6. The average Bonchev–Trinajstić information content (AvgIpc) is 3.24. The van der Waals surface area contributed by atoms with Crippen molar-refractivity contribution in [3.8, 4) is 28.7 Å². The van der Waals surface area contributed by atoms with Crippen molar-refractivity contribution >= 4 is 11.2 Å². The molecule has 0 bridgehead atoms. The Morgan fingerprint density at radius 1 is 1.10 bits per heavy atom. The number of hydrogen-bond donors (Lipinski definition) is 0. The van der Waals surface area contributed by atoms with Crippen LogP contribution in [0.15, 0.2) is 53.5 Å². The SMILES string of the molecule is CC.CC#CC1CCN(c2ccc3cc(-c4ccc(OC)c(F)c4)cc(=O)n3c2)C1. The number of fused-ring (bicyclic) bond motifs is 1. The van der Waals surface area contributed by atoms with Crippen LogP contribution in [0.2, 0.25) is 0 Å². The number of nitrogens with zero attached hydrogens (tertiary/aromatic N) is 2. The van der Waals surface area contributed by atoms with E-state index in [1.165, 1.54) is 19.2 Å². The third kappa shape index (κ3) is 4.33. The zero-order chi connectivity index (χ0) is 21.7. The number of ether oxygens (including phenoxy) is 1. The van der Waals surface area contributed by atoms with Crippen LogP contribution in [0.25, 0.3) is 16.6 Å². The Balaban J connectivity index is 0.00000124. The summed E-state index contributed by atoms with van der Waals surface area (Å²) in [6.07, 6.45) is 2.91. The highest BCUT2D eigenvalue weighted by molar-refractivity contribution is 5.70. The molecule has 4 nitrogen and oxygen atoms in total. The lowest BCUT2D eigenvalue weighted by atomic mass is 10.1. The molecule has 1 fully saturated rings. The molecule has 3 heterocycles. The molecule has 1 aliphatic rings. The van der Waals surface area contributed by atoms with Gasteiger partial charge in [-0.05, 0) is 54.8 Å². The van der Waals surface area contributed by atoms with Gasteiger partial charge in [-0.25, -0.2) is 4.39 Å². The first kappa shape index (κ1) is 21.4. The van der Waals surface area contributed by atoms with Crippen LogP contribution in [0, 0.1) is 23.6 Å². The highest BCUT2D eigenvalue weighted by Crippen LogP contribution is 2.27. The Morgan fingerprint density at radius 2 is 1.90 bits per heavy atom. The van der Waals surface area contributed by atoms with Gasteiger partial charge in [0.15, 0.2) is 11.6 Å². The van der Waals surface area contributed by atoms with E-state index in [9.17, 15) is 9.18 Å². The molecule has 1 unspecified atom stereocenters. The minimum atomic E-state index is -0.450. The first-order valence-electron chi connectivity index (χ1n) is 10.3. The van der Waals surface area contributed by atoms with E-state index < -0.39 is 5.82 Å². The lowest BCUT2D eigenvalue weighted by Crippen LogP contribution is -2.21. The summed E-state index contributed by atoms with van der Waals surface area (Å²) in [5.74, 6) is 6.33. The summed E-state index contributed by atoms with van der Waals surface area (Å²) in [7, 11) is 1.43. The van der Waals surface area contributed by atoms with E-state index in [2.05, 4.69) is 16.7 Å². The second-order valence-corrected chi connectivity index (χ2v) is 6.94. The number of hydrogen-bond acceptors (Lipinski definition) is 3. The minimum Gasteiger partial charge on any atom is -0.494 e. The number of pyridine rings is 2. The van der Waals surface area contributed by atoms with E-state index in [1.807, 2.05) is 45.2 Å². The van der Waals surface area contributed by atoms with Gasteiger partial charge in [-0.1, -0.05) is 25.8 Å². The van der Waals surface area contributed by atoms with E-state index in [0.29, 0.717) is 17.0 Å². The maximum Gasteiger partial charge on any atom is 0.255 e. The van der Waals surface area contributed by atoms with Crippen molar-refractivity contribution < 1.29 is 9.13 Å². The third-order valence-electron chi connectivity index (χ3n) is 5.17. The molecule has 0 amide bonds. The van der Waals surface area contributed by atoms with E-state index >= 15 is 0 Å². The average molecular weight is 407 g/mol. The predicted octanol–water partition coefficient (Wildman–Crippen LogP) is 4.99. The van der Waals surface area contributed by atoms with Gasteiger partial charge in [-0.3, -0.25) is 9.20 Å². The summed E-state index contributed by atoms with van der Waals surface area (Å²) in [5.41, 5.74) is 2.96. The molecule has 4 rings (SSSR count). The fraction of sp³-hybridized carbons (Fsp3) is 0.320. The van der Waals surface area contributed by atoms with E-state index in [4.69, 9.17) is 4.74 Å². The maximum atomic E-state index is 14.0. The second kappa shape index (κ2) is 9.49. The van der Waals surface area contributed by atoms with Gasteiger partial charge in [0, 0.05) is 36.8 Å². The number of anilines is 1. The highest BCUT2D eigenvalue weighted by Gasteiger charge is 2.21. The largest absolute Gasteiger partial charge is 0.494 e. The molecule has 2 aromatic heterocycles. The summed E-state index contributed by atoms with van der Waals surface area (Å²) in [6, 6.07) is 12.1. The van der Waals surface area contributed by atoms with Crippen LogP contribution in [0.4, 0.5) is 10.1 Å². The van der Waals surface area contributed by atoms with E-state index in [0.717, 1.165) is 30.7 Å². The molecule has 0 aliphatic carbocycles. The summed E-state index contributed by atoms with van der Waals surface area (Å²) in [5, 5.41) is 0. The molecule has 156 valence electrons. The van der Waals surface area contributed by atoms with Crippen molar-refractivity contribution in [2.24, 2.45) is 5.92 Å². The molecule has 0 spiro atoms. The van der Waals surface area contributed by atoms with Crippen LogP contribution >= 0.6 is 0 Å². The van der Waals surface area contributed by atoms with Crippen LogP contribution in [0.3, 0.4) is 0 Å². The molecule has 3 aromatic rings. The number of rotatable bonds is 3. The van der Waals surface area contributed by atoms with Gasteiger partial charge in [-0.2, -0.15) is 0 Å². The molecule has 1 saturated heterocycles. The van der Waals surface area contributed by atoms with Crippen molar-refractivity contribution in [3.05, 3.63) is 64.8 Å². The number of methoxy groups -OCH3 is 1. The van der Waals surface area contributed by atoms with E-state index in [1.54, 1.807) is 16.5 Å². The Labute approximate surface area is 176 Å². The van der Waals surface area contributed by atoms with Gasteiger partial charge in [-0.15, -0.1) is 5.92 Å². The van der Waals surface area contributed by atoms with Crippen LogP contribution in [0.5, 0.6) is 5.75 Å². The van der Waals surface area contributed by atoms with Crippen molar-refractivity contribution in [3.63, 3.8) is 0 Å². The topological polar surface area (TPSA) is 34.0 Å². The van der Waals surface area contributed by atoms with Crippen LogP contribution in [-0.4, -0.2) is 24.6 Å². The summed E-state index contributed by atoms with van der Waals surface area (Å²) >= 11 is 0. The Bertz CT molecular complexity index is 1160. The molecule has 1 aliphatic heterocycles. The number of aromatic nitrogens is 1. The smallest absolute Gasteiger partial charge is 0.255 e. The van der Waals surface area contributed by atoms with Crippen molar-refractivity contribution in [2.45, 2.75) is 27.2 Å². The van der Waals surface area contributed by atoms with Gasteiger partial charge >= 0.3 is 0 Å². The zero-order valence-electron chi connectivity index (χ0n) is 17.9. The fourth-order valence-electron chi connectivity index (χ4n) is 3.73. The van der Waals surface area contributed by atoms with Crippen LogP contribution < -0.4 is 15.2 Å². The molecule has 1 atom stereocenters. The van der Waals surface area contributed by atoms with Crippen molar-refractivity contribution in [2.75, 3.05) is 25.1 Å². The molecule has 1 aromatic carbocycles. The highest BCUT2D eigenvalue weighted by atomic mass is 19.1. The second-order valence-electron chi connectivity index (χ2n) is 6.94. The van der Waals surface area contributed by atoms with Gasteiger partial charge in [0.05, 0.1) is 12.8 Å². The van der Waals surface area contributed by atoms with Gasteiger partial charge in [0.2, 0.25) is 0 Å². The van der Waals surface area contributed by atoms with Gasteiger partial charge < -0.3 is 9.64 Å². The first-order valence-corrected chi connectivity index (χ1v) is 10.3. The standard InChI is InChI=1S/C23H21FN2O2.C2H6/c1-3-4-16-9-10-25(14-16)20-7-6-19-11-18(13-23(27)26(19)15-20)17-5-8-22(28-2)21(24)12-17;1-2/h5-8,11-13,15-16H,9-10,14H2,1-2H3;1-2H3. The lowest BCUT2D eigenvalue weighted by Gasteiger charge is -2.18. The third-order valence-corrected chi connectivity index (χ3v) is 5.17. The minimum absolute atomic E-state index is 0.144. The molecule has 0 saturated carbocycles. The fourth-order valence-corrected chi connectivity index (χ4v) is 3.73. The number of halogens is 1. The van der Waals surface area contributed by atoms with Gasteiger partial charge in [0.1, 0.15) is 0 Å². The Kier molecular flexibility index (Phi) is 6.79. The van der Waals surface area contributed by atoms with Gasteiger partial charge in [0.25, 0.3) is 5.56 Å².